The molecular formula is C40H29N. The molecule has 9 rings (SSSR count). The SMILES string of the molecule is CCNc1ccc2c3c(-c4ccccc4)c4c(c(-c5ccccc5)c3c3cccc1c32)c1c2c(cccc24)CCC=1. The van der Waals surface area contributed by atoms with Gasteiger partial charge in [0.05, 0.1) is 0 Å². The van der Waals surface area contributed by atoms with Gasteiger partial charge in [-0.3, -0.25) is 0 Å². The molecule has 0 radical (unpaired) electrons. The fraction of sp³-hybridized carbons (Fsp3) is 0.100. The van der Waals surface area contributed by atoms with Crippen molar-refractivity contribution in [1.29, 1.82) is 0 Å². The Kier molecular flexibility index (Phi) is 4.78. The van der Waals surface area contributed by atoms with Crippen LogP contribution < -0.4 is 10.5 Å². The number of benzene rings is 6. The summed E-state index contributed by atoms with van der Waals surface area (Å²) in [6.45, 7) is 3.07. The third kappa shape index (κ3) is 3.01. The summed E-state index contributed by atoms with van der Waals surface area (Å²) in [6, 6.07) is 40.7. The second kappa shape index (κ2) is 8.56. The van der Waals surface area contributed by atoms with Crippen LogP contribution in [0.5, 0.6) is 0 Å². The lowest BCUT2D eigenvalue weighted by molar-refractivity contribution is 1.04. The van der Waals surface area contributed by atoms with Crippen molar-refractivity contribution in [3.63, 3.8) is 0 Å². The third-order valence-electron chi connectivity index (χ3n) is 9.29. The maximum atomic E-state index is 3.63. The second-order valence-corrected chi connectivity index (χ2v) is 11.4. The van der Waals surface area contributed by atoms with E-state index in [9.17, 15) is 0 Å². The topological polar surface area (TPSA) is 12.0 Å². The molecule has 1 heteroatoms. The van der Waals surface area contributed by atoms with Crippen molar-refractivity contribution in [2.45, 2.75) is 19.8 Å². The first-order chi connectivity index (χ1) is 20.3. The minimum Gasteiger partial charge on any atom is -0.385 e. The van der Waals surface area contributed by atoms with Crippen molar-refractivity contribution in [2.75, 3.05) is 11.9 Å². The lowest BCUT2D eigenvalue weighted by Crippen LogP contribution is -2.07. The van der Waals surface area contributed by atoms with E-state index in [1.54, 1.807) is 0 Å². The van der Waals surface area contributed by atoms with Crippen molar-refractivity contribution in [3.8, 4) is 22.3 Å². The highest BCUT2D eigenvalue weighted by atomic mass is 14.9. The molecule has 0 heterocycles. The number of fused-ring (bicyclic) bond motifs is 6. The second-order valence-electron chi connectivity index (χ2n) is 11.4. The molecule has 0 aliphatic heterocycles. The van der Waals surface area contributed by atoms with E-state index in [1.807, 2.05) is 0 Å². The van der Waals surface area contributed by atoms with Crippen molar-refractivity contribution >= 4 is 65.6 Å². The van der Waals surface area contributed by atoms with Gasteiger partial charge in [-0.1, -0.05) is 109 Å². The molecule has 8 aromatic rings. The van der Waals surface area contributed by atoms with Gasteiger partial charge in [-0.15, -0.1) is 0 Å². The predicted octanol–water partition coefficient (Wildman–Crippen LogP) is 10.1. The Labute approximate surface area is 239 Å². The lowest BCUT2D eigenvalue weighted by atomic mass is 9.87. The number of hydrogen-bond donors (Lipinski definition) is 1. The highest BCUT2D eigenvalue weighted by Gasteiger charge is 2.27. The van der Waals surface area contributed by atoms with E-state index >= 15 is 0 Å². The first kappa shape index (κ1) is 22.9. The molecule has 1 nitrogen and oxygen atoms in total. The number of rotatable bonds is 4. The maximum absolute atomic E-state index is 3.63. The molecule has 0 atom stereocenters. The average Bonchev–Trinajstić information content (AvgIpc) is 3.54. The molecule has 194 valence electrons. The van der Waals surface area contributed by atoms with Crippen LogP contribution in [0.25, 0.3) is 82.2 Å². The van der Waals surface area contributed by atoms with Crippen molar-refractivity contribution < 1.29 is 0 Å². The van der Waals surface area contributed by atoms with Gasteiger partial charge in [-0.25, -0.2) is 0 Å². The van der Waals surface area contributed by atoms with E-state index in [4.69, 9.17) is 0 Å². The van der Waals surface area contributed by atoms with Gasteiger partial charge >= 0.3 is 0 Å². The highest BCUT2D eigenvalue weighted by Crippen LogP contribution is 2.53. The van der Waals surface area contributed by atoms with Gasteiger partial charge in [-0.05, 0) is 107 Å². The number of aryl methyl sites for hydroxylation is 1. The highest BCUT2D eigenvalue weighted by molar-refractivity contribution is 6.43. The summed E-state index contributed by atoms with van der Waals surface area (Å²) in [4.78, 5) is 0. The molecule has 41 heavy (non-hydrogen) atoms. The number of hydrogen-bond acceptors (Lipinski definition) is 1. The summed E-state index contributed by atoms with van der Waals surface area (Å²) in [7, 11) is 0. The van der Waals surface area contributed by atoms with E-state index in [0.29, 0.717) is 0 Å². The van der Waals surface area contributed by atoms with Gasteiger partial charge in [-0.2, -0.15) is 0 Å². The zero-order valence-electron chi connectivity index (χ0n) is 23.1. The molecule has 0 amide bonds. The minimum absolute atomic E-state index is 0.901. The van der Waals surface area contributed by atoms with Crippen molar-refractivity contribution in [1.82, 2.24) is 0 Å². The minimum atomic E-state index is 0.901. The molecule has 0 aromatic heterocycles. The standard InChI is InChI=1S/C40H29N/c1-2-41-32-23-22-31-36-27(32)18-11-21-30(36)39-34(25-12-5-3-6-13-25)37-28-19-9-16-24-17-10-20-29(33(24)28)38(37)35(40(31)39)26-14-7-4-8-15-26/h3-8,10-15,17-23,41H,2,9,16H2,1H3. The molecule has 0 spiro atoms. The Balaban J connectivity index is 1.67. The Morgan fingerprint density at radius 3 is 1.80 bits per heavy atom. The molecular weight excluding hydrogens is 494 g/mol. The Morgan fingerprint density at radius 2 is 1.10 bits per heavy atom. The first-order valence-corrected chi connectivity index (χ1v) is 14.8. The van der Waals surface area contributed by atoms with Crippen LogP contribution in [0, 0.1) is 0 Å². The van der Waals surface area contributed by atoms with E-state index < -0.39 is 0 Å². The maximum Gasteiger partial charge on any atom is 0.0420 e. The monoisotopic (exact) mass is 523 g/mol. The quantitative estimate of drug-likeness (QED) is 0.242. The van der Waals surface area contributed by atoms with Crippen LogP contribution in [-0.2, 0) is 6.42 Å². The van der Waals surface area contributed by atoms with Crippen LogP contribution >= 0.6 is 0 Å². The number of nitrogens with one attached hydrogen (secondary N) is 1. The Hall–Kier alpha value is -4.88. The number of anilines is 1. The Morgan fingerprint density at radius 1 is 0.512 bits per heavy atom. The molecule has 0 unspecified atom stereocenters. The normalized spacial score (nSPS) is 13.1. The van der Waals surface area contributed by atoms with Gasteiger partial charge in [0, 0.05) is 17.6 Å². The summed E-state index contributed by atoms with van der Waals surface area (Å²) in [5, 5.41) is 18.8. The molecule has 0 saturated carbocycles. The van der Waals surface area contributed by atoms with E-state index in [2.05, 4.69) is 128 Å². The molecule has 0 fully saturated rings. The van der Waals surface area contributed by atoms with Gasteiger partial charge in [0.25, 0.3) is 0 Å². The zero-order valence-corrected chi connectivity index (χ0v) is 23.1. The summed E-state index contributed by atoms with van der Waals surface area (Å²) in [6.07, 6.45) is 4.70. The molecule has 1 aliphatic carbocycles. The first-order valence-electron chi connectivity index (χ1n) is 14.8. The van der Waals surface area contributed by atoms with Crippen LogP contribution in [0.1, 0.15) is 18.9 Å². The fourth-order valence-electron chi connectivity index (χ4n) is 7.82. The Bertz CT molecular complexity index is 2350. The molecule has 0 bridgehead atoms. The van der Waals surface area contributed by atoms with Gasteiger partial charge in [0.2, 0.25) is 0 Å². The van der Waals surface area contributed by atoms with Gasteiger partial charge in [0.1, 0.15) is 0 Å². The lowest BCUT2D eigenvalue weighted by Gasteiger charge is -2.15. The summed E-state index contributed by atoms with van der Waals surface area (Å²) >= 11 is 0. The molecule has 8 aromatic carbocycles. The van der Waals surface area contributed by atoms with E-state index in [1.165, 1.54) is 92.6 Å². The zero-order chi connectivity index (χ0) is 27.1. The largest absolute Gasteiger partial charge is 0.385 e. The van der Waals surface area contributed by atoms with Crippen LogP contribution in [0.2, 0.25) is 0 Å². The summed E-state index contributed by atoms with van der Waals surface area (Å²) in [5.74, 6) is 0. The van der Waals surface area contributed by atoms with E-state index in [0.717, 1.165) is 19.4 Å². The van der Waals surface area contributed by atoms with Gasteiger partial charge in [0.15, 0.2) is 0 Å². The third-order valence-corrected chi connectivity index (χ3v) is 9.29. The van der Waals surface area contributed by atoms with Gasteiger partial charge < -0.3 is 5.32 Å². The molecule has 1 N–H and O–H groups in total. The predicted molar refractivity (Wildman–Crippen MR) is 178 cm³/mol. The fourth-order valence-corrected chi connectivity index (χ4v) is 7.82. The van der Waals surface area contributed by atoms with Crippen LogP contribution in [0.4, 0.5) is 5.69 Å². The summed E-state index contributed by atoms with van der Waals surface area (Å²) < 4.78 is 0. The molecule has 1 aliphatic rings. The van der Waals surface area contributed by atoms with Crippen LogP contribution in [0.15, 0.2) is 109 Å². The smallest absolute Gasteiger partial charge is 0.0420 e. The molecule has 0 saturated heterocycles. The van der Waals surface area contributed by atoms with Crippen LogP contribution in [-0.4, -0.2) is 6.54 Å². The van der Waals surface area contributed by atoms with Crippen molar-refractivity contribution in [3.05, 3.63) is 120 Å². The van der Waals surface area contributed by atoms with E-state index in [-0.39, 0.29) is 0 Å². The van der Waals surface area contributed by atoms with Crippen molar-refractivity contribution in [2.24, 2.45) is 0 Å². The average molecular weight is 524 g/mol. The summed E-state index contributed by atoms with van der Waals surface area (Å²) in [5.41, 5.74) is 8.01. The van der Waals surface area contributed by atoms with Crippen LogP contribution in [0.3, 0.4) is 0 Å².